The molecule has 448 valence electrons. The average Bonchev–Trinajstić information content (AvgIpc) is 3.43. The maximum atomic E-state index is 13.3. The zero-order valence-corrected chi connectivity index (χ0v) is 46.4. The number of aliphatic hydroxyl groups is 11. The van der Waals surface area contributed by atoms with Gasteiger partial charge in [0.2, 0.25) is 5.91 Å². The fourth-order valence-corrected chi connectivity index (χ4v) is 9.69. The molecule has 3 rings (SSSR count). The van der Waals surface area contributed by atoms with E-state index in [2.05, 4.69) is 55.6 Å². The van der Waals surface area contributed by atoms with Crippen LogP contribution in [-0.2, 0) is 33.2 Å². The second-order valence-electron chi connectivity index (χ2n) is 21.1. The minimum atomic E-state index is -1.98. The largest absolute Gasteiger partial charge is 0.394 e. The lowest BCUT2D eigenvalue weighted by atomic mass is 9.96. The lowest BCUT2D eigenvalue weighted by Crippen LogP contribution is -2.66. The van der Waals surface area contributed by atoms with Gasteiger partial charge in [-0.2, -0.15) is 0 Å². The molecule has 19 nitrogen and oxygen atoms in total. The fourth-order valence-electron chi connectivity index (χ4n) is 9.69. The second kappa shape index (κ2) is 41.7. The van der Waals surface area contributed by atoms with Gasteiger partial charge in [0.25, 0.3) is 0 Å². The zero-order chi connectivity index (χ0) is 56.2. The molecular formula is C58H103NO18. The number of carbonyl (C=O) groups is 1. The summed E-state index contributed by atoms with van der Waals surface area (Å²) in [6.07, 6.45) is 18.1. The number of amides is 1. The molecule has 0 aromatic heterocycles. The summed E-state index contributed by atoms with van der Waals surface area (Å²) in [7, 11) is 0. The average molecular weight is 1100 g/mol. The van der Waals surface area contributed by atoms with Crippen molar-refractivity contribution >= 4 is 5.91 Å². The van der Waals surface area contributed by atoms with Gasteiger partial charge in [0, 0.05) is 6.42 Å². The van der Waals surface area contributed by atoms with E-state index in [0.29, 0.717) is 12.8 Å². The Bertz CT molecular complexity index is 1600. The highest BCUT2D eigenvalue weighted by atomic mass is 16.8. The maximum absolute atomic E-state index is 13.3. The Labute approximate surface area is 459 Å². The highest BCUT2D eigenvalue weighted by Crippen LogP contribution is 2.33. The zero-order valence-electron chi connectivity index (χ0n) is 46.4. The van der Waals surface area contributed by atoms with Gasteiger partial charge in [-0.05, 0) is 70.6 Å². The Morgan fingerprint density at radius 1 is 0.455 bits per heavy atom. The van der Waals surface area contributed by atoms with E-state index in [-0.39, 0.29) is 18.9 Å². The summed E-state index contributed by atoms with van der Waals surface area (Å²) in [5, 5.41) is 120. The monoisotopic (exact) mass is 1100 g/mol. The standard InChI is InChI=1S/C58H103NO18/c1-3-5-7-9-11-13-15-17-18-19-20-21-22-24-25-27-29-31-33-35-42(63)41(59-46(64)36-34-32-30-28-26-23-16-14-12-10-8-6-4-2)40-72-56-52(70)49(67)54(44(38-61)74-56)77-58-53(71)50(68)55(45(39-62)75-58)76-57-51(69)48(66)47(65)43(37-60)73-57/h14,16,20-21,25,27,33,35,41-45,47-58,60-63,65-71H,3-13,15,17-19,22-24,26,28-32,34,36-40H2,1-2H3,(H,59,64)/b16-14-,21-20+,27-25+,35-33+. The molecule has 0 bridgehead atoms. The summed E-state index contributed by atoms with van der Waals surface area (Å²) < 4.78 is 34.2. The Balaban J connectivity index is 1.54. The molecule has 19 heteroatoms. The highest BCUT2D eigenvalue weighted by Gasteiger charge is 2.53. The quantitative estimate of drug-likeness (QED) is 0.0291. The molecule has 3 aliphatic heterocycles. The second-order valence-corrected chi connectivity index (χ2v) is 21.1. The van der Waals surface area contributed by atoms with Crippen molar-refractivity contribution in [3.05, 3.63) is 48.6 Å². The van der Waals surface area contributed by atoms with Crippen molar-refractivity contribution in [2.24, 2.45) is 0 Å². The number of nitrogens with one attached hydrogen (secondary N) is 1. The van der Waals surface area contributed by atoms with Crippen molar-refractivity contribution < 1.29 is 89.4 Å². The van der Waals surface area contributed by atoms with Gasteiger partial charge in [-0.15, -0.1) is 0 Å². The first-order chi connectivity index (χ1) is 37.3. The van der Waals surface area contributed by atoms with Crippen molar-refractivity contribution in [1.29, 1.82) is 0 Å². The van der Waals surface area contributed by atoms with Crippen LogP contribution in [-0.4, -0.2) is 193 Å². The molecule has 3 aliphatic rings. The van der Waals surface area contributed by atoms with Gasteiger partial charge in [-0.1, -0.05) is 152 Å². The molecule has 0 aliphatic carbocycles. The molecule has 0 radical (unpaired) electrons. The molecule has 0 saturated carbocycles. The number of carbonyl (C=O) groups excluding carboxylic acids is 1. The van der Waals surface area contributed by atoms with Crippen molar-refractivity contribution in [1.82, 2.24) is 5.32 Å². The first-order valence-corrected chi connectivity index (χ1v) is 29.4. The lowest BCUT2D eigenvalue weighted by molar-refractivity contribution is -0.379. The van der Waals surface area contributed by atoms with E-state index in [1.807, 2.05) is 6.08 Å². The van der Waals surface area contributed by atoms with E-state index in [9.17, 15) is 61.0 Å². The van der Waals surface area contributed by atoms with Gasteiger partial charge in [0.1, 0.15) is 73.2 Å². The maximum Gasteiger partial charge on any atom is 0.220 e. The molecule has 17 unspecified atom stereocenters. The van der Waals surface area contributed by atoms with Crippen LogP contribution >= 0.6 is 0 Å². The molecule has 77 heavy (non-hydrogen) atoms. The molecule has 0 aromatic rings. The summed E-state index contributed by atoms with van der Waals surface area (Å²) in [4.78, 5) is 13.3. The molecule has 1 amide bonds. The number of hydrogen-bond donors (Lipinski definition) is 12. The molecule has 12 N–H and O–H groups in total. The topological polar surface area (TPSA) is 307 Å². The Morgan fingerprint density at radius 3 is 1.31 bits per heavy atom. The van der Waals surface area contributed by atoms with Crippen LogP contribution in [0.1, 0.15) is 181 Å². The Kier molecular flexibility index (Phi) is 37.4. The summed E-state index contributed by atoms with van der Waals surface area (Å²) in [6, 6.07) is -0.999. The van der Waals surface area contributed by atoms with Crippen molar-refractivity contribution in [3.8, 4) is 0 Å². The summed E-state index contributed by atoms with van der Waals surface area (Å²) in [6.45, 7) is 1.65. The van der Waals surface area contributed by atoms with Gasteiger partial charge in [-0.3, -0.25) is 4.79 Å². The first-order valence-electron chi connectivity index (χ1n) is 29.4. The van der Waals surface area contributed by atoms with E-state index >= 15 is 0 Å². The summed E-state index contributed by atoms with van der Waals surface area (Å²) in [5.41, 5.74) is 0. The van der Waals surface area contributed by atoms with Gasteiger partial charge in [0.15, 0.2) is 18.9 Å². The molecular weight excluding hydrogens is 999 g/mol. The molecule has 0 aromatic carbocycles. The van der Waals surface area contributed by atoms with Crippen molar-refractivity contribution in [2.75, 3.05) is 26.4 Å². The lowest BCUT2D eigenvalue weighted by Gasteiger charge is -2.48. The van der Waals surface area contributed by atoms with E-state index in [4.69, 9.17) is 28.4 Å². The first kappa shape index (κ1) is 69.0. The minimum Gasteiger partial charge on any atom is -0.394 e. The fraction of sp³-hybridized carbons (Fsp3) is 0.845. The van der Waals surface area contributed by atoms with Crippen LogP contribution in [0.3, 0.4) is 0 Å². The van der Waals surface area contributed by atoms with Crippen LogP contribution in [0.25, 0.3) is 0 Å². The third kappa shape index (κ3) is 26.0. The van der Waals surface area contributed by atoms with Crippen LogP contribution in [0.4, 0.5) is 0 Å². The number of allylic oxidation sites excluding steroid dienone is 7. The van der Waals surface area contributed by atoms with Crippen LogP contribution in [0.15, 0.2) is 48.6 Å². The smallest absolute Gasteiger partial charge is 0.220 e. The van der Waals surface area contributed by atoms with Crippen molar-refractivity contribution in [3.63, 3.8) is 0 Å². The van der Waals surface area contributed by atoms with Crippen LogP contribution in [0, 0.1) is 0 Å². The molecule has 3 heterocycles. The number of unbranched alkanes of at least 4 members (excludes halogenated alkanes) is 20. The van der Waals surface area contributed by atoms with E-state index < -0.39 is 124 Å². The Hall–Kier alpha value is -2.25. The SMILES string of the molecule is CCCCCC/C=C\CCCCCCCC(=O)NC(COC1OC(CO)C(OC2OC(CO)C(OC3OC(CO)C(O)C(O)C3O)C(O)C2O)C(O)C1O)C(O)/C=C/CC/C=C/CC/C=C/CCCCCCCCCCC. The van der Waals surface area contributed by atoms with E-state index in [1.54, 1.807) is 6.08 Å². The predicted molar refractivity (Wildman–Crippen MR) is 291 cm³/mol. The molecule has 17 atom stereocenters. The summed E-state index contributed by atoms with van der Waals surface area (Å²) in [5.74, 6) is -0.302. The Morgan fingerprint density at radius 2 is 0.831 bits per heavy atom. The number of aliphatic hydroxyl groups excluding tert-OH is 11. The third-order valence-electron chi connectivity index (χ3n) is 14.6. The van der Waals surface area contributed by atoms with E-state index in [1.165, 1.54) is 83.5 Å². The number of rotatable bonds is 42. The van der Waals surface area contributed by atoms with Gasteiger partial charge in [0.05, 0.1) is 38.6 Å². The highest BCUT2D eigenvalue weighted by molar-refractivity contribution is 5.76. The number of hydrogen-bond acceptors (Lipinski definition) is 18. The number of ether oxygens (including phenoxy) is 6. The van der Waals surface area contributed by atoms with Crippen LogP contribution < -0.4 is 5.32 Å². The van der Waals surface area contributed by atoms with Crippen molar-refractivity contribution in [2.45, 2.75) is 285 Å². The molecule has 3 saturated heterocycles. The molecule has 0 spiro atoms. The minimum absolute atomic E-state index is 0.220. The van der Waals surface area contributed by atoms with Crippen LogP contribution in [0.2, 0.25) is 0 Å². The third-order valence-corrected chi connectivity index (χ3v) is 14.6. The normalized spacial score (nSPS) is 31.1. The van der Waals surface area contributed by atoms with Gasteiger partial charge in [-0.25, -0.2) is 0 Å². The van der Waals surface area contributed by atoms with Crippen LogP contribution in [0.5, 0.6) is 0 Å². The predicted octanol–water partition coefficient (Wildman–Crippen LogP) is 4.70. The van der Waals surface area contributed by atoms with Gasteiger partial charge >= 0.3 is 0 Å². The molecule has 3 fully saturated rings. The summed E-state index contributed by atoms with van der Waals surface area (Å²) >= 11 is 0. The van der Waals surface area contributed by atoms with Gasteiger partial charge < -0.3 is 89.9 Å². The van der Waals surface area contributed by atoms with E-state index in [0.717, 1.165) is 64.2 Å².